The van der Waals surface area contributed by atoms with Gasteiger partial charge in [-0.05, 0) is 31.9 Å². The molecular weight excluding hydrogens is 374 g/mol. The lowest BCUT2D eigenvalue weighted by Crippen LogP contribution is -2.35. The van der Waals surface area contributed by atoms with Gasteiger partial charge in [-0.2, -0.15) is 5.26 Å². The minimum Gasteiger partial charge on any atom is -0.452 e. The Hall–Kier alpha value is -3.21. The summed E-state index contributed by atoms with van der Waals surface area (Å²) < 4.78 is 5.12. The van der Waals surface area contributed by atoms with E-state index in [1.807, 2.05) is 6.07 Å². The van der Waals surface area contributed by atoms with E-state index in [1.165, 1.54) is 6.92 Å². The minimum absolute atomic E-state index is 0.0326. The molecule has 1 N–H and O–H groups in total. The molecule has 1 aliphatic carbocycles. The number of imide groups is 1. The number of carbonyl (C=O) groups is 4. The number of amides is 3. The van der Waals surface area contributed by atoms with Crippen molar-refractivity contribution in [2.24, 2.45) is 11.8 Å². The average molecular weight is 397 g/mol. The summed E-state index contributed by atoms with van der Waals surface area (Å²) in [5.74, 6) is -2.15. The smallest absolute Gasteiger partial charge is 0.308 e. The summed E-state index contributed by atoms with van der Waals surface area (Å²) in [6, 6.07) is 8.46. The quantitative estimate of drug-likeness (QED) is 0.580. The van der Waals surface area contributed by atoms with E-state index in [0.717, 1.165) is 30.6 Å². The Morgan fingerprint density at radius 2 is 1.83 bits per heavy atom. The maximum absolute atomic E-state index is 12.4. The van der Waals surface area contributed by atoms with E-state index in [1.54, 1.807) is 24.3 Å². The molecule has 1 aromatic carbocycles. The Kier molecular flexibility index (Phi) is 6.27. The number of rotatable bonds is 6. The number of esters is 1. The molecule has 3 rings (SSSR count). The second-order valence-corrected chi connectivity index (χ2v) is 7.35. The van der Waals surface area contributed by atoms with Gasteiger partial charge in [-0.3, -0.25) is 24.1 Å². The van der Waals surface area contributed by atoms with Crippen molar-refractivity contribution in [2.75, 3.05) is 11.9 Å². The Bertz CT molecular complexity index is 851. The summed E-state index contributed by atoms with van der Waals surface area (Å²) in [6.07, 6.45) is 2.08. The Labute approximate surface area is 168 Å². The molecule has 2 aliphatic rings. The molecule has 8 nitrogen and oxygen atoms in total. The zero-order valence-corrected chi connectivity index (χ0v) is 16.2. The molecule has 0 bridgehead atoms. The van der Waals surface area contributed by atoms with Crippen molar-refractivity contribution in [3.05, 3.63) is 29.8 Å². The van der Waals surface area contributed by atoms with Crippen molar-refractivity contribution >= 4 is 29.4 Å². The van der Waals surface area contributed by atoms with Crippen LogP contribution in [-0.4, -0.2) is 41.2 Å². The van der Waals surface area contributed by atoms with Crippen LogP contribution in [0, 0.1) is 23.2 Å². The highest BCUT2D eigenvalue weighted by atomic mass is 16.5. The molecule has 3 atom stereocenters. The van der Waals surface area contributed by atoms with Crippen LogP contribution in [0.25, 0.3) is 0 Å². The first-order chi connectivity index (χ1) is 13.9. The summed E-state index contributed by atoms with van der Waals surface area (Å²) in [4.78, 5) is 50.4. The molecule has 3 amide bonds. The van der Waals surface area contributed by atoms with Gasteiger partial charge in [0, 0.05) is 6.54 Å². The molecular formula is C21H23N3O5. The van der Waals surface area contributed by atoms with Crippen LogP contribution < -0.4 is 5.32 Å². The van der Waals surface area contributed by atoms with Crippen molar-refractivity contribution in [3.8, 4) is 6.07 Å². The fourth-order valence-electron chi connectivity index (χ4n) is 3.89. The van der Waals surface area contributed by atoms with Gasteiger partial charge in [0.15, 0.2) is 6.10 Å². The van der Waals surface area contributed by atoms with E-state index in [0.29, 0.717) is 11.3 Å². The standard InChI is InChI=1S/C21H23N3O5/c1-13(19(26)23-17-9-5-2-6-14(17)12-22)29-18(25)10-11-24-20(27)15-7-3-4-8-16(15)21(24)28/h2,5-6,9,13,15-16H,3-4,7-8,10-11H2,1H3,(H,23,26)/t13-,15+,16+/m1/s1. The number of likely N-dealkylation sites (tertiary alicyclic amines) is 1. The number of nitrogens with one attached hydrogen (secondary N) is 1. The van der Waals surface area contributed by atoms with Gasteiger partial charge in [0.05, 0.1) is 29.5 Å². The highest BCUT2D eigenvalue weighted by Crippen LogP contribution is 2.37. The first-order valence-electron chi connectivity index (χ1n) is 9.77. The van der Waals surface area contributed by atoms with Crippen LogP contribution in [0.3, 0.4) is 0 Å². The molecule has 0 spiro atoms. The van der Waals surface area contributed by atoms with Gasteiger partial charge in [-0.1, -0.05) is 25.0 Å². The van der Waals surface area contributed by atoms with E-state index in [4.69, 9.17) is 10.00 Å². The number of anilines is 1. The van der Waals surface area contributed by atoms with Crippen LogP contribution in [0.15, 0.2) is 24.3 Å². The van der Waals surface area contributed by atoms with Crippen molar-refractivity contribution < 1.29 is 23.9 Å². The molecule has 152 valence electrons. The number of benzene rings is 1. The van der Waals surface area contributed by atoms with Gasteiger partial charge < -0.3 is 10.1 Å². The lowest BCUT2D eigenvalue weighted by Gasteiger charge is -2.19. The number of ether oxygens (including phenoxy) is 1. The first kappa shape index (κ1) is 20.5. The average Bonchev–Trinajstić information content (AvgIpc) is 2.97. The molecule has 0 radical (unpaired) electrons. The second-order valence-electron chi connectivity index (χ2n) is 7.35. The summed E-state index contributed by atoms with van der Waals surface area (Å²) in [5, 5.41) is 11.6. The normalized spacial score (nSPS) is 21.9. The number of nitriles is 1. The van der Waals surface area contributed by atoms with Gasteiger partial charge in [-0.25, -0.2) is 0 Å². The van der Waals surface area contributed by atoms with E-state index in [-0.39, 0.29) is 36.6 Å². The fourth-order valence-corrected chi connectivity index (χ4v) is 3.89. The summed E-state index contributed by atoms with van der Waals surface area (Å²) in [7, 11) is 0. The molecule has 0 aromatic heterocycles. The van der Waals surface area contributed by atoms with Crippen LogP contribution in [-0.2, 0) is 23.9 Å². The highest BCUT2D eigenvalue weighted by Gasteiger charge is 2.47. The summed E-state index contributed by atoms with van der Waals surface area (Å²) in [5.41, 5.74) is 0.630. The van der Waals surface area contributed by atoms with Crippen LogP contribution in [0.4, 0.5) is 5.69 Å². The highest BCUT2D eigenvalue weighted by molar-refractivity contribution is 6.05. The van der Waals surface area contributed by atoms with Crippen LogP contribution in [0.2, 0.25) is 0 Å². The third-order valence-electron chi connectivity index (χ3n) is 5.45. The number of hydrogen-bond acceptors (Lipinski definition) is 6. The molecule has 29 heavy (non-hydrogen) atoms. The SMILES string of the molecule is C[C@@H](OC(=O)CCN1C(=O)[C@H]2CCCC[C@@H]2C1=O)C(=O)Nc1ccccc1C#N. The lowest BCUT2D eigenvalue weighted by atomic mass is 9.81. The molecule has 1 saturated heterocycles. The number of fused-ring (bicyclic) bond motifs is 1. The molecule has 1 saturated carbocycles. The molecule has 1 heterocycles. The zero-order chi connectivity index (χ0) is 21.0. The van der Waals surface area contributed by atoms with E-state index < -0.39 is 18.0 Å². The molecule has 1 aliphatic heterocycles. The Balaban J connectivity index is 1.50. The molecule has 8 heteroatoms. The number of nitrogens with zero attached hydrogens (tertiary/aromatic N) is 2. The van der Waals surface area contributed by atoms with E-state index >= 15 is 0 Å². The second kappa shape index (κ2) is 8.86. The van der Waals surface area contributed by atoms with Gasteiger partial charge in [0.2, 0.25) is 11.8 Å². The molecule has 1 aromatic rings. The maximum Gasteiger partial charge on any atom is 0.308 e. The van der Waals surface area contributed by atoms with Crippen molar-refractivity contribution in [1.82, 2.24) is 4.90 Å². The number of hydrogen-bond donors (Lipinski definition) is 1. The van der Waals surface area contributed by atoms with Gasteiger partial charge in [0.1, 0.15) is 6.07 Å². The largest absolute Gasteiger partial charge is 0.452 e. The Morgan fingerprint density at radius 1 is 1.21 bits per heavy atom. The van der Waals surface area contributed by atoms with E-state index in [9.17, 15) is 19.2 Å². The first-order valence-corrected chi connectivity index (χ1v) is 9.77. The minimum atomic E-state index is -1.08. The van der Waals surface area contributed by atoms with E-state index in [2.05, 4.69) is 5.32 Å². The third kappa shape index (κ3) is 4.45. The van der Waals surface area contributed by atoms with Gasteiger partial charge >= 0.3 is 5.97 Å². The van der Waals surface area contributed by atoms with Gasteiger partial charge in [0.25, 0.3) is 5.91 Å². The van der Waals surface area contributed by atoms with Crippen molar-refractivity contribution in [1.29, 1.82) is 5.26 Å². The molecule has 0 unspecified atom stereocenters. The van der Waals surface area contributed by atoms with Crippen molar-refractivity contribution in [2.45, 2.75) is 45.1 Å². The monoisotopic (exact) mass is 397 g/mol. The number of para-hydroxylation sites is 1. The molecule has 2 fully saturated rings. The Morgan fingerprint density at radius 3 is 2.45 bits per heavy atom. The lowest BCUT2D eigenvalue weighted by molar-refractivity contribution is -0.154. The third-order valence-corrected chi connectivity index (χ3v) is 5.45. The topological polar surface area (TPSA) is 117 Å². The van der Waals surface area contributed by atoms with Crippen molar-refractivity contribution in [3.63, 3.8) is 0 Å². The predicted molar refractivity (Wildman–Crippen MR) is 102 cm³/mol. The predicted octanol–water partition coefficient (Wildman–Crippen LogP) is 1.99. The van der Waals surface area contributed by atoms with Crippen LogP contribution >= 0.6 is 0 Å². The summed E-state index contributed by atoms with van der Waals surface area (Å²) >= 11 is 0. The number of carbonyl (C=O) groups excluding carboxylic acids is 4. The van der Waals surface area contributed by atoms with Crippen LogP contribution in [0.5, 0.6) is 0 Å². The van der Waals surface area contributed by atoms with Crippen LogP contribution in [0.1, 0.15) is 44.6 Å². The fraction of sp³-hybridized carbons (Fsp3) is 0.476. The van der Waals surface area contributed by atoms with Gasteiger partial charge in [-0.15, -0.1) is 0 Å². The zero-order valence-electron chi connectivity index (χ0n) is 16.2. The maximum atomic E-state index is 12.4. The summed E-state index contributed by atoms with van der Waals surface area (Å²) in [6.45, 7) is 1.39.